The van der Waals surface area contributed by atoms with Gasteiger partial charge in [0, 0.05) is 12.2 Å². The normalized spacial score (nSPS) is 23.7. The van der Waals surface area contributed by atoms with Gasteiger partial charge in [0.1, 0.15) is 0 Å². The summed E-state index contributed by atoms with van der Waals surface area (Å²) < 4.78 is 11.2. The van der Waals surface area contributed by atoms with Crippen LogP contribution < -0.4 is 0 Å². The zero-order chi connectivity index (χ0) is 11.3. The van der Waals surface area contributed by atoms with Gasteiger partial charge in [0.15, 0.2) is 6.29 Å². The standard InChI is InChI=1S/C13H20O2/c1-5-12-8-7-9-13(10(12)3)15-11(4)14-6-2/h1,11,13H,6-9H2,2-4H3. The van der Waals surface area contributed by atoms with Gasteiger partial charge >= 0.3 is 0 Å². The first-order chi connectivity index (χ1) is 7.19. The molecule has 0 amide bonds. The van der Waals surface area contributed by atoms with Gasteiger partial charge in [-0.2, -0.15) is 0 Å². The molecule has 0 aromatic heterocycles. The molecule has 0 saturated carbocycles. The highest BCUT2D eigenvalue weighted by Crippen LogP contribution is 2.27. The molecule has 1 aliphatic carbocycles. The van der Waals surface area contributed by atoms with E-state index < -0.39 is 0 Å². The minimum absolute atomic E-state index is 0.145. The molecule has 0 fully saturated rings. The molecule has 0 aromatic rings. The minimum Gasteiger partial charge on any atom is -0.353 e. The van der Waals surface area contributed by atoms with Crippen LogP contribution in [0.1, 0.15) is 40.0 Å². The molecule has 0 heterocycles. The number of terminal acetylenes is 1. The number of hydrogen-bond acceptors (Lipinski definition) is 2. The molecule has 2 unspecified atom stereocenters. The van der Waals surface area contributed by atoms with E-state index in [0.29, 0.717) is 6.61 Å². The first-order valence-corrected chi connectivity index (χ1v) is 5.62. The van der Waals surface area contributed by atoms with Crippen LogP contribution >= 0.6 is 0 Å². The third kappa shape index (κ3) is 3.37. The van der Waals surface area contributed by atoms with Crippen LogP contribution in [-0.4, -0.2) is 19.0 Å². The monoisotopic (exact) mass is 208 g/mol. The van der Waals surface area contributed by atoms with Crippen LogP contribution in [0.15, 0.2) is 11.1 Å². The lowest BCUT2D eigenvalue weighted by Gasteiger charge is -2.27. The van der Waals surface area contributed by atoms with Crippen LogP contribution in [0.3, 0.4) is 0 Å². The molecular formula is C13H20O2. The molecule has 0 spiro atoms. The minimum atomic E-state index is -0.146. The van der Waals surface area contributed by atoms with Gasteiger partial charge in [-0.05, 0) is 45.6 Å². The predicted molar refractivity (Wildman–Crippen MR) is 61.3 cm³/mol. The molecule has 1 aliphatic rings. The van der Waals surface area contributed by atoms with Gasteiger partial charge in [0.25, 0.3) is 0 Å². The van der Waals surface area contributed by atoms with E-state index in [1.807, 2.05) is 13.8 Å². The van der Waals surface area contributed by atoms with Crippen molar-refractivity contribution in [3.63, 3.8) is 0 Å². The van der Waals surface area contributed by atoms with Gasteiger partial charge in [0.2, 0.25) is 0 Å². The molecule has 1 rings (SSSR count). The van der Waals surface area contributed by atoms with Crippen LogP contribution in [0.25, 0.3) is 0 Å². The van der Waals surface area contributed by atoms with Crippen molar-refractivity contribution >= 4 is 0 Å². The summed E-state index contributed by atoms with van der Waals surface area (Å²) in [7, 11) is 0. The second kappa shape index (κ2) is 5.95. The maximum absolute atomic E-state index is 5.80. The van der Waals surface area contributed by atoms with E-state index in [1.165, 1.54) is 5.57 Å². The summed E-state index contributed by atoms with van der Waals surface area (Å²) in [5, 5.41) is 0. The van der Waals surface area contributed by atoms with Crippen LogP contribution in [0, 0.1) is 12.3 Å². The van der Waals surface area contributed by atoms with E-state index in [0.717, 1.165) is 24.8 Å². The van der Waals surface area contributed by atoms with Gasteiger partial charge in [-0.25, -0.2) is 0 Å². The van der Waals surface area contributed by atoms with Crippen molar-refractivity contribution in [1.82, 2.24) is 0 Å². The summed E-state index contributed by atoms with van der Waals surface area (Å²) >= 11 is 0. The number of hydrogen-bond donors (Lipinski definition) is 0. The summed E-state index contributed by atoms with van der Waals surface area (Å²) in [5.41, 5.74) is 2.31. The molecule has 0 radical (unpaired) electrons. The summed E-state index contributed by atoms with van der Waals surface area (Å²) in [5.74, 6) is 2.75. The van der Waals surface area contributed by atoms with Crippen molar-refractivity contribution in [3.05, 3.63) is 11.1 Å². The lowest BCUT2D eigenvalue weighted by Crippen LogP contribution is -2.26. The van der Waals surface area contributed by atoms with E-state index in [2.05, 4.69) is 12.8 Å². The number of ether oxygens (including phenoxy) is 2. The van der Waals surface area contributed by atoms with Gasteiger partial charge < -0.3 is 9.47 Å². The lowest BCUT2D eigenvalue weighted by atomic mass is 9.91. The van der Waals surface area contributed by atoms with Gasteiger partial charge in [-0.15, -0.1) is 6.42 Å². The number of rotatable bonds is 4. The third-order valence-corrected chi connectivity index (χ3v) is 2.78. The highest BCUT2D eigenvalue weighted by Gasteiger charge is 2.21. The average molecular weight is 208 g/mol. The molecule has 0 N–H and O–H groups in total. The molecule has 15 heavy (non-hydrogen) atoms. The maximum Gasteiger partial charge on any atom is 0.155 e. The van der Waals surface area contributed by atoms with Crippen molar-refractivity contribution in [2.75, 3.05) is 6.61 Å². The summed E-state index contributed by atoms with van der Waals surface area (Å²) in [4.78, 5) is 0. The highest BCUT2D eigenvalue weighted by molar-refractivity contribution is 5.34. The van der Waals surface area contributed by atoms with Crippen molar-refractivity contribution in [2.45, 2.75) is 52.4 Å². The van der Waals surface area contributed by atoms with E-state index in [9.17, 15) is 0 Å². The summed E-state index contributed by atoms with van der Waals surface area (Å²) in [6, 6.07) is 0. The first-order valence-electron chi connectivity index (χ1n) is 5.62. The van der Waals surface area contributed by atoms with Gasteiger partial charge in [0.05, 0.1) is 6.10 Å². The van der Waals surface area contributed by atoms with Crippen molar-refractivity contribution in [2.24, 2.45) is 0 Å². The van der Waals surface area contributed by atoms with Gasteiger partial charge in [-0.3, -0.25) is 0 Å². The second-order valence-electron chi connectivity index (χ2n) is 3.85. The van der Waals surface area contributed by atoms with E-state index >= 15 is 0 Å². The molecule has 0 bridgehead atoms. The van der Waals surface area contributed by atoms with Crippen LogP contribution in [-0.2, 0) is 9.47 Å². The van der Waals surface area contributed by atoms with E-state index in [1.54, 1.807) is 0 Å². The van der Waals surface area contributed by atoms with Crippen LogP contribution in [0.4, 0.5) is 0 Å². The molecule has 84 valence electrons. The Labute approximate surface area is 92.6 Å². The Kier molecular flexibility index (Phi) is 4.87. The van der Waals surface area contributed by atoms with Gasteiger partial charge in [-0.1, -0.05) is 5.92 Å². The molecule has 2 nitrogen and oxygen atoms in total. The summed E-state index contributed by atoms with van der Waals surface area (Å²) in [6.07, 6.45) is 8.63. The highest BCUT2D eigenvalue weighted by atomic mass is 16.7. The fourth-order valence-electron chi connectivity index (χ4n) is 1.93. The van der Waals surface area contributed by atoms with Crippen LogP contribution in [0.2, 0.25) is 0 Å². The topological polar surface area (TPSA) is 18.5 Å². The largest absolute Gasteiger partial charge is 0.353 e. The number of allylic oxidation sites excluding steroid dienone is 1. The summed E-state index contributed by atoms with van der Waals surface area (Å²) in [6.45, 7) is 6.65. The second-order valence-corrected chi connectivity index (χ2v) is 3.85. The lowest BCUT2D eigenvalue weighted by molar-refractivity contribution is -0.150. The molecule has 0 aliphatic heterocycles. The Morgan fingerprint density at radius 3 is 2.93 bits per heavy atom. The maximum atomic E-state index is 5.80. The Bertz CT molecular complexity index is 273. The Morgan fingerprint density at radius 2 is 2.33 bits per heavy atom. The smallest absolute Gasteiger partial charge is 0.155 e. The molecule has 0 aromatic carbocycles. The molecule has 0 saturated heterocycles. The Morgan fingerprint density at radius 1 is 1.60 bits per heavy atom. The quantitative estimate of drug-likeness (QED) is 0.522. The zero-order valence-electron chi connectivity index (χ0n) is 9.88. The molecule has 2 heteroatoms. The Hall–Kier alpha value is -0.780. The van der Waals surface area contributed by atoms with Crippen molar-refractivity contribution < 1.29 is 9.47 Å². The third-order valence-electron chi connectivity index (χ3n) is 2.78. The fraction of sp³-hybridized carbons (Fsp3) is 0.692. The predicted octanol–water partition coefficient (Wildman–Crippen LogP) is 2.89. The first kappa shape index (κ1) is 12.3. The van der Waals surface area contributed by atoms with Crippen LogP contribution in [0.5, 0.6) is 0 Å². The zero-order valence-corrected chi connectivity index (χ0v) is 9.88. The SMILES string of the molecule is C#CC1=C(C)C(OC(C)OCC)CCC1. The molecular weight excluding hydrogens is 188 g/mol. The molecule has 2 atom stereocenters. The fourth-order valence-corrected chi connectivity index (χ4v) is 1.93. The Balaban J connectivity index is 2.59. The van der Waals surface area contributed by atoms with E-state index in [-0.39, 0.29) is 12.4 Å². The van der Waals surface area contributed by atoms with E-state index in [4.69, 9.17) is 15.9 Å². The van der Waals surface area contributed by atoms with Crippen molar-refractivity contribution in [3.8, 4) is 12.3 Å². The van der Waals surface area contributed by atoms with Crippen molar-refractivity contribution in [1.29, 1.82) is 0 Å². The average Bonchev–Trinajstić information content (AvgIpc) is 2.21.